The van der Waals surface area contributed by atoms with Gasteiger partial charge in [-0.3, -0.25) is 28.5 Å². The number of hydrogen-bond donors (Lipinski definition) is 1. The second-order valence-electron chi connectivity index (χ2n) is 8.27. The molecule has 2 saturated heterocycles. The van der Waals surface area contributed by atoms with Crippen molar-refractivity contribution in [3.05, 3.63) is 45.2 Å². The number of ether oxygens (including phenoxy) is 2. The highest BCUT2D eigenvalue weighted by Gasteiger charge is 2.36. The summed E-state index contributed by atoms with van der Waals surface area (Å²) in [6, 6.07) is 4.19. The minimum absolute atomic E-state index is 0.129. The number of piperazine rings is 1. The number of fused-ring (bicyclic) bond motifs is 1. The van der Waals surface area contributed by atoms with E-state index in [4.69, 9.17) is 26.7 Å². The summed E-state index contributed by atoms with van der Waals surface area (Å²) in [7, 11) is 1.59. The summed E-state index contributed by atoms with van der Waals surface area (Å²) < 4.78 is 11.9. The number of esters is 1. The summed E-state index contributed by atoms with van der Waals surface area (Å²) in [5.74, 6) is -1.01. The normalized spacial score (nSPS) is 19.1. The number of nitrogens with one attached hydrogen (secondary N) is 1. The number of rotatable bonds is 9. The van der Waals surface area contributed by atoms with Gasteiger partial charge in [0.15, 0.2) is 0 Å². The summed E-state index contributed by atoms with van der Waals surface area (Å²) in [4.78, 5) is 60.0. The molecule has 2 aromatic rings. The molecule has 1 unspecified atom stereocenters. The van der Waals surface area contributed by atoms with Crippen molar-refractivity contribution < 1.29 is 23.9 Å². The maximum absolute atomic E-state index is 13.6. The lowest BCUT2D eigenvalue weighted by molar-refractivity contribution is -0.145. The number of aromatic nitrogens is 2. The van der Waals surface area contributed by atoms with Crippen molar-refractivity contribution in [1.82, 2.24) is 19.6 Å². The number of nitrogens with zero attached hydrogens (tertiary/aromatic N) is 4. The quantitative estimate of drug-likeness (QED) is 0.213. The maximum atomic E-state index is 13.6. The Morgan fingerprint density at radius 2 is 2.14 bits per heavy atom. The van der Waals surface area contributed by atoms with Gasteiger partial charge in [-0.2, -0.15) is 0 Å². The highest BCUT2D eigenvalue weighted by molar-refractivity contribution is 8.26. The van der Waals surface area contributed by atoms with E-state index < -0.39 is 17.6 Å². The molecule has 0 aromatic carbocycles. The molecular formula is C24H27N5O6S2. The minimum Gasteiger partial charge on any atom is -0.466 e. The number of thiocarbonyl (C=S) groups is 1. The van der Waals surface area contributed by atoms with Crippen LogP contribution in [0.3, 0.4) is 0 Å². The molecule has 0 spiro atoms. The molecule has 1 N–H and O–H groups in total. The number of amides is 2. The van der Waals surface area contributed by atoms with Crippen molar-refractivity contribution in [1.29, 1.82) is 0 Å². The molecule has 1 atom stereocenters. The van der Waals surface area contributed by atoms with Crippen LogP contribution in [0.5, 0.6) is 0 Å². The van der Waals surface area contributed by atoms with Gasteiger partial charge in [0.25, 0.3) is 11.5 Å². The zero-order valence-electron chi connectivity index (χ0n) is 20.5. The molecule has 0 radical (unpaired) electrons. The van der Waals surface area contributed by atoms with Gasteiger partial charge in [0, 0.05) is 39.5 Å². The molecule has 4 heterocycles. The first-order valence-electron chi connectivity index (χ1n) is 11.8. The first kappa shape index (κ1) is 26.8. The van der Waals surface area contributed by atoms with Gasteiger partial charge in [0.05, 0.1) is 23.5 Å². The average Bonchev–Trinajstić information content (AvgIpc) is 3.14. The van der Waals surface area contributed by atoms with Gasteiger partial charge < -0.3 is 19.7 Å². The van der Waals surface area contributed by atoms with Crippen LogP contribution in [-0.2, 0) is 23.9 Å². The molecule has 0 aliphatic carbocycles. The number of hydrogen-bond acceptors (Lipinski definition) is 10. The Balaban J connectivity index is 1.80. The lowest BCUT2D eigenvalue weighted by Crippen LogP contribution is -2.57. The van der Waals surface area contributed by atoms with E-state index in [0.717, 1.165) is 11.8 Å². The lowest BCUT2D eigenvalue weighted by Gasteiger charge is -2.36. The Bertz CT molecular complexity index is 1330. The van der Waals surface area contributed by atoms with E-state index in [-0.39, 0.29) is 41.1 Å². The zero-order valence-corrected chi connectivity index (χ0v) is 22.1. The van der Waals surface area contributed by atoms with E-state index in [1.54, 1.807) is 43.3 Å². The molecule has 13 heteroatoms. The third-order valence-electron chi connectivity index (χ3n) is 5.90. The van der Waals surface area contributed by atoms with Crippen LogP contribution in [0, 0.1) is 0 Å². The van der Waals surface area contributed by atoms with Crippen LogP contribution in [0.4, 0.5) is 5.82 Å². The van der Waals surface area contributed by atoms with Crippen molar-refractivity contribution >= 4 is 63.6 Å². The molecule has 4 rings (SSSR count). The molecule has 37 heavy (non-hydrogen) atoms. The summed E-state index contributed by atoms with van der Waals surface area (Å²) in [5, 5.41) is 2.76. The molecule has 0 saturated carbocycles. The van der Waals surface area contributed by atoms with Crippen molar-refractivity contribution in [2.45, 2.75) is 25.8 Å². The van der Waals surface area contributed by atoms with E-state index in [1.165, 1.54) is 15.4 Å². The third kappa shape index (κ3) is 5.68. The summed E-state index contributed by atoms with van der Waals surface area (Å²) in [6.45, 7) is 3.35. The van der Waals surface area contributed by atoms with Crippen LogP contribution in [0.15, 0.2) is 34.1 Å². The fourth-order valence-electron chi connectivity index (χ4n) is 4.18. The van der Waals surface area contributed by atoms with Crippen LogP contribution in [-0.4, -0.2) is 82.4 Å². The Morgan fingerprint density at radius 1 is 1.32 bits per heavy atom. The molecule has 2 aliphatic rings. The van der Waals surface area contributed by atoms with E-state index in [0.29, 0.717) is 42.6 Å². The van der Waals surface area contributed by atoms with E-state index in [9.17, 15) is 19.2 Å². The highest BCUT2D eigenvalue weighted by Crippen LogP contribution is 2.34. The first-order valence-corrected chi connectivity index (χ1v) is 13.0. The number of anilines is 1. The average molecular weight is 546 g/mol. The van der Waals surface area contributed by atoms with Crippen LogP contribution in [0.25, 0.3) is 11.7 Å². The number of carbonyl (C=O) groups excluding carboxylic acids is 3. The van der Waals surface area contributed by atoms with Gasteiger partial charge >= 0.3 is 5.97 Å². The van der Waals surface area contributed by atoms with Gasteiger partial charge in [-0.1, -0.05) is 30.0 Å². The molecule has 2 amide bonds. The molecule has 2 aliphatic heterocycles. The van der Waals surface area contributed by atoms with Crippen LogP contribution < -0.4 is 15.8 Å². The van der Waals surface area contributed by atoms with Crippen molar-refractivity contribution in [2.75, 3.05) is 44.9 Å². The molecule has 11 nitrogen and oxygen atoms in total. The standard InChI is InChI=1S/C24H27N5O6S2/c1-3-35-19(30)14-16-21(31)25-8-11-27(16)20-15(22(32)28-9-5-4-7-18(28)26-20)13-17-23(33)29(24(36)37-17)10-6-12-34-2/h4-5,7,9,13,16H,3,6,8,10-12,14H2,1-2H3,(H,25,31). The van der Waals surface area contributed by atoms with Crippen molar-refractivity contribution in [3.63, 3.8) is 0 Å². The second-order valence-corrected chi connectivity index (χ2v) is 9.95. The number of carbonyl (C=O) groups is 3. The molecular weight excluding hydrogens is 518 g/mol. The Hall–Kier alpha value is -3.29. The summed E-state index contributed by atoms with van der Waals surface area (Å²) in [5.41, 5.74) is 0.0865. The molecule has 2 fully saturated rings. The fraction of sp³-hybridized carbons (Fsp3) is 0.417. The van der Waals surface area contributed by atoms with Gasteiger partial charge in [-0.25, -0.2) is 4.98 Å². The Kier molecular flexibility index (Phi) is 8.56. The Morgan fingerprint density at radius 3 is 2.89 bits per heavy atom. The van der Waals surface area contributed by atoms with Gasteiger partial charge in [-0.05, 0) is 31.6 Å². The number of methoxy groups -OCH3 is 1. The van der Waals surface area contributed by atoms with Gasteiger partial charge in [-0.15, -0.1) is 0 Å². The smallest absolute Gasteiger partial charge is 0.308 e. The zero-order chi connectivity index (χ0) is 26.5. The van der Waals surface area contributed by atoms with E-state index >= 15 is 0 Å². The summed E-state index contributed by atoms with van der Waals surface area (Å²) >= 11 is 6.51. The molecule has 0 bridgehead atoms. The Labute approximate surface area is 222 Å². The number of pyridine rings is 1. The lowest BCUT2D eigenvalue weighted by atomic mass is 10.1. The van der Waals surface area contributed by atoms with E-state index in [1.807, 2.05) is 0 Å². The monoisotopic (exact) mass is 545 g/mol. The predicted molar refractivity (Wildman–Crippen MR) is 143 cm³/mol. The summed E-state index contributed by atoms with van der Waals surface area (Å²) in [6.07, 6.45) is 3.46. The third-order valence-corrected chi connectivity index (χ3v) is 7.27. The number of thioether (sulfide) groups is 1. The molecule has 2 aromatic heterocycles. The van der Waals surface area contributed by atoms with E-state index in [2.05, 4.69) is 5.32 Å². The van der Waals surface area contributed by atoms with Crippen molar-refractivity contribution in [3.8, 4) is 0 Å². The largest absolute Gasteiger partial charge is 0.466 e. The topological polar surface area (TPSA) is 123 Å². The van der Waals surface area contributed by atoms with Crippen LogP contribution in [0.2, 0.25) is 0 Å². The van der Waals surface area contributed by atoms with Gasteiger partial charge in [0.1, 0.15) is 21.8 Å². The highest BCUT2D eigenvalue weighted by atomic mass is 32.2. The predicted octanol–water partition coefficient (Wildman–Crippen LogP) is 1.19. The second kappa shape index (κ2) is 11.8. The van der Waals surface area contributed by atoms with Crippen LogP contribution >= 0.6 is 24.0 Å². The molecule has 196 valence electrons. The fourth-order valence-corrected chi connectivity index (χ4v) is 5.47. The first-order chi connectivity index (χ1) is 17.8. The minimum atomic E-state index is -0.929. The van der Waals surface area contributed by atoms with Crippen LogP contribution in [0.1, 0.15) is 25.3 Å². The van der Waals surface area contributed by atoms with Crippen molar-refractivity contribution in [2.24, 2.45) is 0 Å². The van der Waals surface area contributed by atoms with Gasteiger partial charge in [0.2, 0.25) is 5.91 Å². The maximum Gasteiger partial charge on any atom is 0.308 e. The SMILES string of the molecule is CCOC(=O)CC1C(=O)NCCN1c1nc2ccccn2c(=O)c1C=C1SC(=S)N(CCCOC)C1=O.